The molecule has 0 saturated carbocycles. The average molecular weight is 666 g/mol. The zero-order chi connectivity index (χ0) is 32.7. The largest absolute Gasteiger partial charge is 0.504 e. The molecule has 4 amide bonds. The van der Waals surface area contributed by atoms with E-state index in [0.29, 0.717) is 12.1 Å². The summed E-state index contributed by atoms with van der Waals surface area (Å²) in [5.74, 6) is -6.82. The van der Waals surface area contributed by atoms with E-state index in [4.69, 9.17) is 19.7 Å². The van der Waals surface area contributed by atoms with Crippen LogP contribution in [-0.2, 0) is 39.6 Å². The number of amides is 4. The summed E-state index contributed by atoms with van der Waals surface area (Å²) in [7, 11) is -9.92. The van der Waals surface area contributed by atoms with Crippen LogP contribution in [0, 0.1) is 0 Å². The molecule has 1 aliphatic rings. The lowest BCUT2D eigenvalue weighted by atomic mass is 10.0. The molecular weight excluding hydrogens is 642 g/mol. The Hall–Kier alpha value is -4.58. The van der Waals surface area contributed by atoms with E-state index in [2.05, 4.69) is 15.5 Å². The highest BCUT2D eigenvalue weighted by Gasteiger charge is 2.51. The van der Waals surface area contributed by atoms with Crippen LogP contribution in [0.3, 0.4) is 0 Å². The second-order valence-electron chi connectivity index (χ2n) is 9.14. The molecule has 2 atom stereocenters. The number of thiazole rings is 1. The Labute approximate surface area is 246 Å². The molecule has 1 fully saturated rings. The van der Waals surface area contributed by atoms with E-state index in [1.54, 1.807) is 0 Å². The number of nitrogens with one attached hydrogen (secondary N) is 3. The maximum atomic E-state index is 13.0. The van der Waals surface area contributed by atoms with E-state index >= 15 is 0 Å². The molecule has 43 heavy (non-hydrogen) atoms. The number of rotatable bonds is 9. The Morgan fingerprint density at radius 3 is 2.28 bits per heavy atom. The molecule has 2 aromatic rings. The van der Waals surface area contributed by atoms with Crippen LogP contribution in [-0.4, -0.2) is 92.5 Å². The summed E-state index contributed by atoms with van der Waals surface area (Å²) in [6, 6.07) is -1.39. The summed E-state index contributed by atoms with van der Waals surface area (Å²) in [5.41, 5.74) is 6.12. The molecule has 1 aromatic heterocycles. The highest BCUT2D eigenvalue weighted by molar-refractivity contribution is 7.86. The van der Waals surface area contributed by atoms with E-state index in [-0.39, 0.29) is 15.1 Å². The van der Waals surface area contributed by atoms with Crippen LogP contribution in [0.2, 0.25) is 0 Å². The van der Waals surface area contributed by atoms with Crippen LogP contribution in [0.25, 0.3) is 0 Å². The number of carbonyl (C=O) groups is 4. The van der Waals surface area contributed by atoms with Crippen molar-refractivity contribution in [3.05, 3.63) is 28.8 Å². The lowest BCUT2D eigenvalue weighted by Gasteiger charge is -2.42. The molecule has 23 heteroatoms. The van der Waals surface area contributed by atoms with Gasteiger partial charge in [0.15, 0.2) is 22.3 Å². The Bertz CT molecular complexity index is 1750. The summed E-state index contributed by atoms with van der Waals surface area (Å²) in [5, 5.41) is 26.5. The minimum absolute atomic E-state index is 0.00160. The van der Waals surface area contributed by atoms with Gasteiger partial charge in [-0.1, -0.05) is 5.16 Å². The maximum Gasteiger partial charge on any atom is 0.362 e. The molecule has 9 N–H and O–H groups in total. The number of aromatic hydroxyl groups is 2. The van der Waals surface area contributed by atoms with Gasteiger partial charge in [0, 0.05) is 10.9 Å². The second kappa shape index (κ2) is 11.6. The lowest BCUT2D eigenvalue weighted by molar-refractivity contribution is -0.144. The SMILES string of the molecule is C[C@H]1[C@H](NC(=O)/C(=N\OC(C)(C)C(=O)NNC(=O)c2cc(O)c(O)c(S(=O)(=O)O)c2)c2csc(N)n2)C(=O)N1S(=O)(=O)O. The molecule has 1 aromatic carbocycles. The summed E-state index contributed by atoms with van der Waals surface area (Å²) < 4.78 is 63.9. The van der Waals surface area contributed by atoms with Crippen molar-refractivity contribution in [3.8, 4) is 11.5 Å². The Kier molecular flexibility index (Phi) is 8.88. The number of carbonyl (C=O) groups excluding carboxylic acids is 4. The van der Waals surface area contributed by atoms with E-state index < -0.39 is 89.4 Å². The van der Waals surface area contributed by atoms with Crippen molar-refractivity contribution in [2.45, 2.75) is 43.4 Å². The zero-order valence-corrected chi connectivity index (χ0v) is 24.4. The van der Waals surface area contributed by atoms with Gasteiger partial charge >= 0.3 is 10.3 Å². The minimum atomic E-state index is -5.05. The van der Waals surface area contributed by atoms with Gasteiger partial charge in [-0.2, -0.15) is 16.8 Å². The van der Waals surface area contributed by atoms with Crippen LogP contribution >= 0.6 is 11.3 Å². The number of hydrazine groups is 1. The van der Waals surface area contributed by atoms with Gasteiger partial charge < -0.3 is 26.1 Å². The summed E-state index contributed by atoms with van der Waals surface area (Å²) >= 11 is 0.896. The zero-order valence-electron chi connectivity index (χ0n) is 22.0. The number of hydrogen-bond donors (Lipinski definition) is 8. The van der Waals surface area contributed by atoms with Crippen LogP contribution in [0.1, 0.15) is 36.8 Å². The fourth-order valence-electron chi connectivity index (χ4n) is 3.37. The maximum absolute atomic E-state index is 13.0. The Balaban J connectivity index is 1.75. The molecule has 0 unspecified atom stereocenters. The molecule has 1 saturated heterocycles. The third kappa shape index (κ3) is 7.08. The first-order valence-corrected chi connectivity index (χ1v) is 15.1. The standard InChI is InChI=1S/C20H23N7O13S3/c1-7-12(17(32)27(7)43(37,38)39)23-16(31)13(9-6-41-19(21)22-9)26-40-20(2,3)18(33)25-24-15(30)8-4-10(28)14(29)11(5-8)42(34,35)36/h4-7,12,28-29H,1-3H3,(H2,21,22)(H,23,31)(H,24,30)(H,25,33)(H,34,35,36)(H,37,38,39)/b26-13-/t7-,12-/m0/s1. The normalized spacial score (nSPS) is 17.6. The van der Waals surface area contributed by atoms with E-state index in [1.807, 2.05) is 10.9 Å². The first-order chi connectivity index (χ1) is 19.6. The molecule has 1 aliphatic heterocycles. The molecular formula is C20H23N7O13S3. The van der Waals surface area contributed by atoms with Gasteiger partial charge in [-0.05, 0) is 32.9 Å². The summed E-state index contributed by atoms with van der Waals surface area (Å²) in [6.45, 7) is 3.53. The number of phenols is 2. The first kappa shape index (κ1) is 32.9. The van der Waals surface area contributed by atoms with Crippen LogP contribution < -0.4 is 21.9 Å². The van der Waals surface area contributed by atoms with Crippen molar-refractivity contribution in [1.82, 2.24) is 25.5 Å². The number of oxime groups is 1. The molecule has 0 bridgehead atoms. The highest BCUT2D eigenvalue weighted by atomic mass is 32.2. The minimum Gasteiger partial charge on any atom is -0.504 e. The van der Waals surface area contributed by atoms with Crippen molar-refractivity contribution >= 4 is 66.2 Å². The predicted octanol–water partition coefficient (Wildman–Crippen LogP) is -2.14. The van der Waals surface area contributed by atoms with Crippen molar-refractivity contribution in [1.29, 1.82) is 0 Å². The van der Waals surface area contributed by atoms with Crippen LogP contribution in [0.4, 0.5) is 5.13 Å². The number of hydrogen-bond acceptors (Lipinski definition) is 15. The van der Waals surface area contributed by atoms with Gasteiger partial charge in [0.05, 0.1) is 6.04 Å². The number of β-lactam (4-membered cyclic amide) rings is 1. The molecule has 20 nitrogen and oxygen atoms in total. The highest BCUT2D eigenvalue weighted by Crippen LogP contribution is 2.33. The van der Waals surface area contributed by atoms with Crippen molar-refractivity contribution in [3.63, 3.8) is 0 Å². The number of nitrogen functional groups attached to an aromatic ring is 1. The quantitative estimate of drug-likeness (QED) is 0.0466. The molecule has 0 spiro atoms. The Morgan fingerprint density at radius 2 is 1.77 bits per heavy atom. The monoisotopic (exact) mass is 665 g/mol. The third-order valence-electron chi connectivity index (χ3n) is 5.65. The van der Waals surface area contributed by atoms with Gasteiger partial charge in [0.1, 0.15) is 16.6 Å². The summed E-state index contributed by atoms with van der Waals surface area (Å²) in [6.07, 6.45) is 0. The van der Waals surface area contributed by atoms with E-state index in [0.717, 1.165) is 25.2 Å². The number of phenolic OH excluding ortho intramolecular Hbond substituents is 2. The first-order valence-electron chi connectivity index (χ1n) is 11.4. The smallest absolute Gasteiger partial charge is 0.362 e. The average Bonchev–Trinajstić information content (AvgIpc) is 3.31. The van der Waals surface area contributed by atoms with E-state index in [1.165, 1.54) is 12.3 Å². The predicted molar refractivity (Wildman–Crippen MR) is 143 cm³/mol. The fourth-order valence-corrected chi connectivity index (χ4v) is 5.43. The van der Waals surface area contributed by atoms with Crippen LogP contribution in [0.15, 0.2) is 27.6 Å². The van der Waals surface area contributed by atoms with Gasteiger partial charge in [0.25, 0.3) is 33.7 Å². The van der Waals surface area contributed by atoms with Crippen molar-refractivity contribution < 1.29 is 60.2 Å². The Morgan fingerprint density at radius 1 is 1.14 bits per heavy atom. The van der Waals surface area contributed by atoms with Crippen LogP contribution in [0.5, 0.6) is 11.5 Å². The van der Waals surface area contributed by atoms with Gasteiger partial charge in [0.2, 0.25) is 5.60 Å². The number of nitrogens with two attached hydrogens (primary N) is 1. The molecule has 0 aliphatic carbocycles. The van der Waals surface area contributed by atoms with Crippen molar-refractivity contribution in [2.75, 3.05) is 5.73 Å². The van der Waals surface area contributed by atoms with E-state index in [9.17, 15) is 46.2 Å². The number of aromatic nitrogens is 1. The second-order valence-corrected chi connectivity index (χ2v) is 12.7. The van der Waals surface area contributed by atoms with Gasteiger partial charge in [-0.15, -0.1) is 11.3 Å². The fraction of sp³-hybridized carbons (Fsp3) is 0.300. The molecule has 0 radical (unpaired) electrons. The molecule has 234 valence electrons. The van der Waals surface area contributed by atoms with Crippen molar-refractivity contribution in [2.24, 2.45) is 5.16 Å². The van der Waals surface area contributed by atoms with Gasteiger partial charge in [-0.25, -0.2) is 9.29 Å². The third-order valence-corrected chi connectivity index (χ3v) is 8.20. The lowest BCUT2D eigenvalue weighted by Crippen LogP contribution is -2.71. The molecule has 3 rings (SSSR count). The number of nitrogens with zero attached hydrogens (tertiary/aromatic N) is 3. The van der Waals surface area contributed by atoms with Gasteiger partial charge in [-0.3, -0.25) is 39.1 Å². The number of benzene rings is 1. The summed E-state index contributed by atoms with van der Waals surface area (Å²) in [4.78, 5) is 58.2. The number of anilines is 1. The topological polar surface area (TPSA) is 317 Å². The molecule has 2 heterocycles.